The van der Waals surface area contributed by atoms with Crippen LogP contribution in [0.3, 0.4) is 0 Å². The van der Waals surface area contributed by atoms with Crippen molar-refractivity contribution in [2.24, 2.45) is 5.41 Å². The fourth-order valence-corrected chi connectivity index (χ4v) is 3.04. The SMILES string of the molecule is CCC1(CNCc2ccc(OC)cc2F)CCCC1. The van der Waals surface area contributed by atoms with Crippen molar-refractivity contribution in [2.75, 3.05) is 13.7 Å². The van der Waals surface area contributed by atoms with Crippen LogP contribution in [0, 0.1) is 11.2 Å². The van der Waals surface area contributed by atoms with Gasteiger partial charge in [-0.3, -0.25) is 0 Å². The van der Waals surface area contributed by atoms with Crippen LogP contribution in [0.5, 0.6) is 5.75 Å². The van der Waals surface area contributed by atoms with Crippen molar-refractivity contribution in [3.63, 3.8) is 0 Å². The number of benzene rings is 1. The van der Waals surface area contributed by atoms with Gasteiger partial charge in [0.15, 0.2) is 0 Å². The zero-order valence-corrected chi connectivity index (χ0v) is 12.0. The molecule has 1 saturated carbocycles. The molecule has 0 unspecified atom stereocenters. The quantitative estimate of drug-likeness (QED) is 0.842. The van der Waals surface area contributed by atoms with Crippen molar-refractivity contribution in [2.45, 2.75) is 45.6 Å². The fourth-order valence-electron chi connectivity index (χ4n) is 3.04. The minimum Gasteiger partial charge on any atom is -0.497 e. The van der Waals surface area contributed by atoms with E-state index in [1.54, 1.807) is 13.2 Å². The Morgan fingerprint density at radius 2 is 2.05 bits per heavy atom. The molecule has 3 heteroatoms. The van der Waals surface area contributed by atoms with Gasteiger partial charge in [0, 0.05) is 24.7 Å². The van der Waals surface area contributed by atoms with E-state index in [9.17, 15) is 4.39 Å². The number of rotatable bonds is 6. The normalized spacial score (nSPS) is 17.6. The van der Waals surface area contributed by atoms with Crippen molar-refractivity contribution < 1.29 is 9.13 Å². The molecule has 0 saturated heterocycles. The van der Waals surface area contributed by atoms with Gasteiger partial charge in [0.05, 0.1) is 7.11 Å². The van der Waals surface area contributed by atoms with E-state index in [0.717, 1.165) is 6.54 Å². The Balaban J connectivity index is 1.88. The van der Waals surface area contributed by atoms with Gasteiger partial charge in [-0.2, -0.15) is 0 Å². The largest absolute Gasteiger partial charge is 0.497 e. The third-order valence-electron chi connectivity index (χ3n) is 4.49. The molecule has 0 bridgehead atoms. The van der Waals surface area contributed by atoms with E-state index in [1.807, 2.05) is 6.07 Å². The molecule has 1 N–H and O–H groups in total. The molecular formula is C16H24FNO. The maximum atomic E-state index is 13.8. The van der Waals surface area contributed by atoms with Crippen LogP contribution in [0.2, 0.25) is 0 Å². The lowest BCUT2D eigenvalue weighted by Crippen LogP contribution is -2.31. The first kappa shape index (κ1) is 14.3. The summed E-state index contributed by atoms with van der Waals surface area (Å²) in [6.45, 7) is 3.85. The van der Waals surface area contributed by atoms with E-state index < -0.39 is 0 Å². The molecule has 1 aromatic carbocycles. The van der Waals surface area contributed by atoms with Crippen LogP contribution in [0.25, 0.3) is 0 Å². The Hall–Kier alpha value is -1.09. The van der Waals surface area contributed by atoms with E-state index in [-0.39, 0.29) is 5.82 Å². The van der Waals surface area contributed by atoms with Crippen LogP contribution >= 0.6 is 0 Å². The molecule has 0 aliphatic heterocycles. The highest BCUT2D eigenvalue weighted by Crippen LogP contribution is 2.40. The Morgan fingerprint density at radius 1 is 1.32 bits per heavy atom. The average Bonchev–Trinajstić information content (AvgIpc) is 2.90. The van der Waals surface area contributed by atoms with Gasteiger partial charge in [0.25, 0.3) is 0 Å². The summed E-state index contributed by atoms with van der Waals surface area (Å²) < 4.78 is 18.8. The smallest absolute Gasteiger partial charge is 0.131 e. The molecule has 19 heavy (non-hydrogen) atoms. The Labute approximate surface area is 115 Å². The molecule has 2 nitrogen and oxygen atoms in total. The van der Waals surface area contributed by atoms with Crippen molar-refractivity contribution in [1.82, 2.24) is 5.32 Å². The maximum Gasteiger partial charge on any atom is 0.131 e. The molecule has 1 aromatic rings. The molecule has 2 rings (SSSR count). The second-order valence-electron chi connectivity index (χ2n) is 5.62. The van der Waals surface area contributed by atoms with Gasteiger partial charge in [-0.25, -0.2) is 4.39 Å². The van der Waals surface area contributed by atoms with E-state index >= 15 is 0 Å². The molecule has 0 spiro atoms. The predicted molar refractivity (Wildman–Crippen MR) is 75.9 cm³/mol. The topological polar surface area (TPSA) is 21.3 Å². The summed E-state index contributed by atoms with van der Waals surface area (Å²) in [5, 5.41) is 3.43. The molecule has 0 radical (unpaired) electrons. The minimum absolute atomic E-state index is 0.191. The number of hydrogen-bond acceptors (Lipinski definition) is 2. The molecule has 0 heterocycles. The Bertz CT molecular complexity index is 413. The second kappa shape index (κ2) is 6.38. The second-order valence-corrected chi connectivity index (χ2v) is 5.62. The highest BCUT2D eigenvalue weighted by molar-refractivity contribution is 5.28. The van der Waals surface area contributed by atoms with Crippen LogP contribution in [0.4, 0.5) is 4.39 Å². The standard InChI is InChI=1S/C16H24FNO/c1-3-16(8-4-5-9-16)12-18-11-13-6-7-14(19-2)10-15(13)17/h6-7,10,18H,3-5,8-9,11-12H2,1-2H3. The lowest BCUT2D eigenvalue weighted by atomic mass is 9.83. The van der Waals surface area contributed by atoms with Crippen molar-refractivity contribution in [3.05, 3.63) is 29.6 Å². The first-order valence-corrected chi connectivity index (χ1v) is 7.22. The Morgan fingerprint density at radius 3 is 2.63 bits per heavy atom. The first-order chi connectivity index (χ1) is 9.19. The molecule has 1 aliphatic carbocycles. The number of nitrogens with one attached hydrogen (secondary N) is 1. The van der Waals surface area contributed by atoms with Crippen LogP contribution in [0.1, 0.15) is 44.6 Å². The lowest BCUT2D eigenvalue weighted by Gasteiger charge is -2.27. The highest BCUT2D eigenvalue weighted by atomic mass is 19.1. The van der Waals surface area contributed by atoms with Crippen LogP contribution in [-0.4, -0.2) is 13.7 Å². The summed E-state index contributed by atoms with van der Waals surface area (Å²) in [4.78, 5) is 0. The van der Waals surface area contributed by atoms with Gasteiger partial charge in [-0.1, -0.05) is 25.8 Å². The van der Waals surface area contributed by atoms with Crippen LogP contribution in [0.15, 0.2) is 18.2 Å². The molecule has 106 valence electrons. The predicted octanol–water partition coefficient (Wildman–Crippen LogP) is 3.89. The van der Waals surface area contributed by atoms with Gasteiger partial charge < -0.3 is 10.1 Å². The van der Waals surface area contributed by atoms with Gasteiger partial charge in [-0.05, 0) is 30.7 Å². The maximum absolute atomic E-state index is 13.8. The third kappa shape index (κ3) is 3.47. The monoisotopic (exact) mass is 265 g/mol. The van der Waals surface area contributed by atoms with Gasteiger partial charge in [0.1, 0.15) is 11.6 Å². The highest BCUT2D eigenvalue weighted by Gasteiger charge is 2.31. The summed E-state index contributed by atoms with van der Waals surface area (Å²) in [5.41, 5.74) is 1.16. The van der Waals surface area contributed by atoms with Gasteiger partial charge in [-0.15, -0.1) is 0 Å². The molecule has 0 aromatic heterocycles. The lowest BCUT2D eigenvalue weighted by molar-refractivity contribution is 0.267. The van der Waals surface area contributed by atoms with E-state index in [4.69, 9.17) is 4.74 Å². The average molecular weight is 265 g/mol. The summed E-state index contributed by atoms with van der Waals surface area (Å²) in [5.74, 6) is 0.380. The number of ether oxygens (including phenoxy) is 1. The van der Waals surface area contributed by atoms with Crippen molar-refractivity contribution in [1.29, 1.82) is 0 Å². The number of halogens is 1. The fraction of sp³-hybridized carbons (Fsp3) is 0.625. The van der Waals surface area contributed by atoms with E-state index in [0.29, 0.717) is 23.3 Å². The Kier molecular flexibility index (Phi) is 4.81. The number of hydrogen-bond donors (Lipinski definition) is 1. The van der Waals surface area contributed by atoms with Gasteiger partial charge in [0.2, 0.25) is 0 Å². The molecule has 1 aliphatic rings. The summed E-state index contributed by atoms with van der Waals surface area (Å²) in [6.07, 6.45) is 6.51. The van der Waals surface area contributed by atoms with Crippen LogP contribution < -0.4 is 10.1 Å². The van der Waals surface area contributed by atoms with Crippen molar-refractivity contribution >= 4 is 0 Å². The van der Waals surface area contributed by atoms with Crippen molar-refractivity contribution in [3.8, 4) is 5.75 Å². The van der Waals surface area contributed by atoms with E-state index in [1.165, 1.54) is 38.2 Å². The number of methoxy groups -OCH3 is 1. The molecular weight excluding hydrogens is 241 g/mol. The minimum atomic E-state index is -0.191. The molecule has 0 atom stereocenters. The zero-order valence-electron chi connectivity index (χ0n) is 12.0. The summed E-state index contributed by atoms with van der Waals surface area (Å²) in [6, 6.07) is 5.06. The summed E-state index contributed by atoms with van der Waals surface area (Å²) >= 11 is 0. The van der Waals surface area contributed by atoms with E-state index in [2.05, 4.69) is 12.2 Å². The van der Waals surface area contributed by atoms with Crippen LogP contribution in [-0.2, 0) is 6.54 Å². The van der Waals surface area contributed by atoms with Gasteiger partial charge >= 0.3 is 0 Å². The third-order valence-corrected chi connectivity index (χ3v) is 4.49. The zero-order chi connectivity index (χ0) is 13.7. The molecule has 0 amide bonds. The first-order valence-electron chi connectivity index (χ1n) is 7.22. The summed E-state index contributed by atoms with van der Waals surface area (Å²) in [7, 11) is 1.55. The molecule has 1 fully saturated rings.